The fourth-order valence-corrected chi connectivity index (χ4v) is 2.20. The number of hydrogen-bond donors (Lipinski definition) is 2. The van der Waals surface area contributed by atoms with Gasteiger partial charge in [0.05, 0.1) is 13.2 Å². The molecule has 1 atom stereocenters. The van der Waals surface area contributed by atoms with Crippen LogP contribution in [0.25, 0.3) is 0 Å². The number of benzene rings is 1. The van der Waals surface area contributed by atoms with E-state index in [9.17, 15) is 0 Å². The van der Waals surface area contributed by atoms with Gasteiger partial charge in [-0.3, -0.25) is 0 Å². The maximum atomic E-state index is 5.33. The van der Waals surface area contributed by atoms with Crippen LogP contribution in [0.2, 0.25) is 0 Å². The molecule has 0 amide bonds. The third-order valence-electron chi connectivity index (χ3n) is 3.15. The Morgan fingerprint density at radius 2 is 1.95 bits per heavy atom. The van der Waals surface area contributed by atoms with Crippen molar-refractivity contribution in [3.05, 3.63) is 53.7 Å². The van der Waals surface area contributed by atoms with E-state index in [0.29, 0.717) is 16.7 Å². The largest absolute Gasteiger partial charge is 0.493 e. The smallest absolute Gasteiger partial charge is 0.174 e. The topological polar surface area (TPSA) is 46.2 Å². The lowest BCUT2D eigenvalue weighted by atomic mass is 10.1. The van der Waals surface area contributed by atoms with Crippen LogP contribution in [0.5, 0.6) is 5.75 Å². The maximum Gasteiger partial charge on any atom is 0.174 e. The van der Waals surface area contributed by atoms with Crippen LogP contribution in [0.1, 0.15) is 24.1 Å². The Labute approximate surface area is 130 Å². The van der Waals surface area contributed by atoms with Crippen LogP contribution in [0, 0.1) is 6.92 Å². The molecule has 2 aromatic rings. The minimum Gasteiger partial charge on any atom is -0.493 e. The van der Waals surface area contributed by atoms with E-state index >= 15 is 0 Å². The van der Waals surface area contributed by atoms with Crippen molar-refractivity contribution in [1.29, 1.82) is 0 Å². The summed E-state index contributed by atoms with van der Waals surface area (Å²) in [5.74, 6) is 1.26. The van der Waals surface area contributed by atoms with Gasteiger partial charge in [-0.05, 0) is 43.8 Å². The monoisotopic (exact) mass is 301 g/mol. The van der Waals surface area contributed by atoms with Crippen LogP contribution in [0.3, 0.4) is 0 Å². The number of aromatic nitrogens is 1. The molecule has 1 heterocycles. The lowest BCUT2D eigenvalue weighted by Crippen LogP contribution is -2.31. The number of rotatable bonds is 4. The Kier molecular flexibility index (Phi) is 5.11. The van der Waals surface area contributed by atoms with Crippen molar-refractivity contribution in [2.45, 2.75) is 19.9 Å². The molecule has 4 nitrogen and oxygen atoms in total. The summed E-state index contributed by atoms with van der Waals surface area (Å²) in [6, 6.07) is 12.1. The van der Waals surface area contributed by atoms with E-state index in [0.717, 1.165) is 0 Å². The van der Waals surface area contributed by atoms with Crippen LogP contribution in [-0.2, 0) is 0 Å². The van der Waals surface area contributed by atoms with Gasteiger partial charge in [-0.2, -0.15) is 0 Å². The quantitative estimate of drug-likeness (QED) is 0.847. The van der Waals surface area contributed by atoms with Gasteiger partial charge < -0.3 is 15.4 Å². The predicted molar refractivity (Wildman–Crippen MR) is 89.7 cm³/mol. The number of methoxy groups -OCH3 is 1. The van der Waals surface area contributed by atoms with Gasteiger partial charge in [-0.25, -0.2) is 4.98 Å². The van der Waals surface area contributed by atoms with Crippen molar-refractivity contribution in [2.75, 3.05) is 12.4 Å². The molecule has 1 aromatic carbocycles. The first-order valence-corrected chi connectivity index (χ1v) is 7.14. The fraction of sp³-hybridized carbons (Fsp3) is 0.250. The van der Waals surface area contributed by atoms with Gasteiger partial charge >= 0.3 is 0 Å². The Bertz CT molecular complexity index is 613. The van der Waals surface area contributed by atoms with Gasteiger partial charge in [0.25, 0.3) is 0 Å². The van der Waals surface area contributed by atoms with Crippen LogP contribution >= 0.6 is 12.2 Å². The van der Waals surface area contributed by atoms with Crippen molar-refractivity contribution in [1.82, 2.24) is 10.3 Å². The van der Waals surface area contributed by atoms with Gasteiger partial charge in [-0.15, -0.1) is 0 Å². The zero-order valence-corrected chi connectivity index (χ0v) is 13.2. The molecule has 0 spiro atoms. The lowest BCUT2D eigenvalue weighted by molar-refractivity contribution is 0.415. The lowest BCUT2D eigenvalue weighted by Gasteiger charge is -2.18. The van der Waals surface area contributed by atoms with E-state index in [-0.39, 0.29) is 6.04 Å². The number of hydrogen-bond acceptors (Lipinski definition) is 3. The van der Waals surface area contributed by atoms with E-state index < -0.39 is 0 Å². The van der Waals surface area contributed by atoms with E-state index in [2.05, 4.69) is 53.7 Å². The number of thiocarbonyl (C=S) groups is 1. The Hall–Kier alpha value is -2.14. The van der Waals surface area contributed by atoms with Crippen molar-refractivity contribution in [2.24, 2.45) is 0 Å². The molecule has 0 radical (unpaired) electrons. The van der Waals surface area contributed by atoms with E-state index in [1.54, 1.807) is 13.3 Å². The zero-order chi connectivity index (χ0) is 15.2. The predicted octanol–water partition coefficient (Wildman–Crippen LogP) is 3.45. The highest BCUT2D eigenvalue weighted by Gasteiger charge is 2.09. The third-order valence-corrected chi connectivity index (χ3v) is 3.37. The van der Waals surface area contributed by atoms with Gasteiger partial charge in [-0.1, -0.05) is 29.8 Å². The summed E-state index contributed by atoms with van der Waals surface area (Å²) in [7, 11) is 1.60. The second-order valence-electron chi connectivity index (χ2n) is 4.79. The van der Waals surface area contributed by atoms with Crippen LogP contribution in [-0.4, -0.2) is 17.2 Å². The fourth-order valence-electron chi connectivity index (χ4n) is 1.93. The summed E-state index contributed by atoms with van der Waals surface area (Å²) in [4.78, 5) is 4.22. The van der Waals surface area contributed by atoms with E-state index in [1.807, 2.05) is 12.1 Å². The van der Waals surface area contributed by atoms with Gasteiger partial charge in [0.15, 0.2) is 16.7 Å². The minimum atomic E-state index is 0.111. The van der Waals surface area contributed by atoms with Crippen molar-refractivity contribution in [3.63, 3.8) is 0 Å². The van der Waals surface area contributed by atoms with Crippen molar-refractivity contribution >= 4 is 23.1 Å². The Morgan fingerprint density at radius 3 is 2.62 bits per heavy atom. The number of nitrogens with zero attached hydrogens (tertiary/aromatic N) is 1. The van der Waals surface area contributed by atoms with Crippen molar-refractivity contribution < 1.29 is 4.74 Å². The molecule has 0 saturated carbocycles. The summed E-state index contributed by atoms with van der Waals surface area (Å²) in [5, 5.41) is 6.81. The number of aryl methyl sites for hydroxylation is 1. The summed E-state index contributed by atoms with van der Waals surface area (Å²) in [6.07, 6.45) is 1.69. The van der Waals surface area contributed by atoms with E-state index in [4.69, 9.17) is 17.0 Å². The average Bonchev–Trinajstić information content (AvgIpc) is 2.48. The second kappa shape index (κ2) is 7.04. The molecule has 5 heteroatoms. The van der Waals surface area contributed by atoms with Gasteiger partial charge in [0.1, 0.15) is 0 Å². The normalized spacial score (nSPS) is 11.6. The molecule has 2 N–H and O–H groups in total. The standard InChI is InChI=1S/C16H19N3OS/c1-11-6-8-13(9-7-11)12(2)18-16(21)19-15-14(20-3)5-4-10-17-15/h4-10,12H,1-3H3,(H2,17,18,19,21)/t12-/m1/s1. The number of nitrogens with one attached hydrogen (secondary N) is 2. The highest BCUT2D eigenvalue weighted by atomic mass is 32.1. The molecule has 0 unspecified atom stereocenters. The first kappa shape index (κ1) is 15.3. The molecular weight excluding hydrogens is 282 g/mol. The summed E-state index contributed by atoms with van der Waals surface area (Å²) in [6.45, 7) is 4.13. The molecule has 2 rings (SSSR count). The maximum absolute atomic E-state index is 5.33. The molecular formula is C16H19N3OS. The molecule has 0 aliphatic heterocycles. The second-order valence-corrected chi connectivity index (χ2v) is 5.19. The highest BCUT2D eigenvalue weighted by molar-refractivity contribution is 7.80. The Morgan fingerprint density at radius 1 is 1.24 bits per heavy atom. The highest BCUT2D eigenvalue weighted by Crippen LogP contribution is 2.20. The minimum absolute atomic E-state index is 0.111. The van der Waals surface area contributed by atoms with Crippen LogP contribution < -0.4 is 15.4 Å². The van der Waals surface area contributed by atoms with Crippen LogP contribution in [0.15, 0.2) is 42.6 Å². The van der Waals surface area contributed by atoms with Crippen LogP contribution in [0.4, 0.5) is 5.82 Å². The third kappa shape index (κ3) is 4.16. The molecule has 110 valence electrons. The summed E-state index contributed by atoms with van der Waals surface area (Å²) >= 11 is 5.33. The average molecular weight is 301 g/mol. The molecule has 0 saturated heterocycles. The number of anilines is 1. The summed E-state index contributed by atoms with van der Waals surface area (Å²) in [5.41, 5.74) is 2.42. The number of pyridine rings is 1. The van der Waals surface area contributed by atoms with Gasteiger partial charge in [0.2, 0.25) is 0 Å². The molecule has 0 bridgehead atoms. The molecule has 0 fully saturated rings. The first-order valence-electron chi connectivity index (χ1n) is 6.73. The van der Waals surface area contributed by atoms with E-state index in [1.165, 1.54) is 11.1 Å². The van der Waals surface area contributed by atoms with Crippen molar-refractivity contribution in [3.8, 4) is 5.75 Å². The first-order chi connectivity index (χ1) is 10.1. The Balaban J connectivity index is 1.99. The molecule has 21 heavy (non-hydrogen) atoms. The van der Waals surface area contributed by atoms with Gasteiger partial charge in [0, 0.05) is 6.20 Å². The summed E-state index contributed by atoms with van der Waals surface area (Å²) < 4.78 is 5.24. The number of ether oxygens (including phenoxy) is 1. The molecule has 1 aromatic heterocycles. The molecule has 0 aliphatic rings. The molecule has 0 aliphatic carbocycles. The SMILES string of the molecule is COc1cccnc1NC(=S)N[C@H](C)c1ccc(C)cc1. The zero-order valence-electron chi connectivity index (χ0n) is 12.4.